The van der Waals surface area contributed by atoms with Gasteiger partial charge in [-0.05, 0) is 32.3 Å². The third kappa shape index (κ3) is 3.35. The van der Waals surface area contributed by atoms with E-state index in [0.717, 1.165) is 12.0 Å². The van der Waals surface area contributed by atoms with Crippen molar-refractivity contribution in [2.75, 3.05) is 18.8 Å². The monoisotopic (exact) mass is 323 g/mol. The Morgan fingerprint density at radius 2 is 1.86 bits per heavy atom. The van der Waals surface area contributed by atoms with E-state index in [1.807, 2.05) is 37.3 Å². The fourth-order valence-electron chi connectivity index (χ4n) is 2.86. The highest BCUT2D eigenvalue weighted by molar-refractivity contribution is 7.92. The van der Waals surface area contributed by atoms with Crippen molar-refractivity contribution in [2.24, 2.45) is 0 Å². The van der Waals surface area contributed by atoms with Gasteiger partial charge in [0.05, 0.1) is 16.4 Å². The number of nitrogens with zero attached hydrogens (tertiary/aromatic N) is 1. The maximum absolute atomic E-state index is 12.8. The van der Waals surface area contributed by atoms with Gasteiger partial charge in [-0.2, -0.15) is 0 Å². The van der Waals surface area contributed by atoms with E-state index in [1.165, 1.54) is 0 Å². The van der Waals surface area contributed by atoms with Crippen LogP contribution in [0.1, 0.15) is 45.1 Å². The summed E-state index contributed by atoms with van der Waals surface area (Å²) in [4.78, 5) is 14.6. The molecule has 22 heavy (non-hydrogen) atoms. The molecule has 1 fully saturated rings. The first-order chi connectivity index (χ1) is 10.3. The maximum atomic E-state index is 12.8. The lowest BCUT2D eigenvalue weighted by Gasteiger charge is -2.26. The van der Waals surface area contributed by atoms with Gasteiger partial charge in [0.1, 0.15) is 0 Å². The van der Waals surface area contributed by atoms with Crippen LogP contribution >= 0.6 is 0 Å². The second kappa shape index (κ2) is 6.41. The molecule has 1 heterocycles. The first-order valence-corrected chi connectivity index (χ1v) is 9.50. The zero-order valence-corrected chi connectivity index (χ0v) is 14.4. The highest BCUT2D eigenvalue weighted by Gasteiger charge is 2.38. The topological polar surface area (TPSA) is 54.5 Å². The van der Waals surface area contributed by atoms with Crippen LogP contribution in [0.2, 0.25) is 0 Å². The second-order valence-corrected chi connectivity index (χ2v) is 9.27. The van der Waals surface area contributed by atoms with Gasteiger partial charge in [0.25, 0.3) is 0 Å². The third-order valence-corrected chi connectivity index (χ3v) is 7.28. The molecule has 1 aliphatic heterocycles. The molecule has 4 nitrogen and oxygen atoms in total. The highest BCUT2D eigenvalue weighted by Crippen LogP contribution is 2.28. The van der Waals surface area contributed by atoms with Gasteiger partial charge < -0.3 is 4.90 Å². The Hall–Kier alpha value is -1.36. The van der Waals surface area contributed by atoms with Crippen LogP contribution < -0.4 is 0 Å². The van der Waals surface area contributed by atoms with Crippen molar-refractivity contribution in [3.05, 3.63) is 35.9 Å². The van der Waals surface area contributed by atoms with Crippen LogP contribution in [0.15, 0.2) is 30.3 Å². The summed E-state index contributed by atoms with van der Waals surface area (Å²) < 4.78 is 23.8. The summed E-state index contributed by atoms with van der Waals surface area (Å²) in [6, 6.07) is 9.72. The summed E-state index contributed by atoms with van der Waals surface area (Å²) in [5.41, 5.74) is 1.00. The van der Waals surface area contributed by atoms with Gasteiger partial charge in [0.2, 0.25) is 5.91 Å². The molecule has 0 saturated carbocycles. The lowest BCUT2D eigenvalue weighted by Crippen LogP contribution is -2.37. The molecule has 0 aliphatic carbocycles. The van der Waals surface area contributed by atoms with Crippen molar-refractivity contribution in [1.82, 2.24) is 4.90 Å². The molecular formula is C17H25NO3S. The molecule has 5 heteroatoms. The Bertz CT molecular complexity index is 623. The molecule has 122 valence electrons. The van der Waals surface area contributed by atoms with E-state index < -0.39 is 14.6 Å². The molecule has 0 aromatic heterocycles. The molecule has 0 bridgehead atoms. The van der Waals surface area contributed by atoms with Crippen LogP contribution in [-0.4, -0.2) is 42.8 Å². The van der Waals surface area contributed by atoms with Gasteiger partial charge in [0, 0.05) is 13.1 Å². The number of benzene rings is 1. The fraction of sp³-hybridized carbons (Fsp3) is 0.588. The number of amides is 1. The molecule has 1 atom stereocenters. The Morgan fingerprint density at radius 1 is 1.23 bits per heavy atom. The number of carbonyl (C=O) groups excluding carboxylic acids is 1. The van der Waals surface area contributed by atoms with E-state index in [4.69, 9.17) is 0 Å². The quantitative estimate of drug-likeness (QED) is 0.859. The minimum absolute atomic E-state index is 0.0431. The molecular weight excluding hydrogens is 298 g/mol. The van der Waals surface area contributed by atoms with Gasteiger partial charge in [0.15, 0.2) is 9.84 Å². The Labute approximate surface area is 133 Å². The summed E-state index contributed by atoms with van der Waals surface area (Å²) >= 11 is 0. The van der Waals surface area contributed by atoms with Crippen LogP contribution in [0.5, 0.6) is 0 Å². The predicted molar refractivity (Wildman–Crippen MR) is 88.5 cm³/mol. The second-order valence-electron chi connectivity index (χ2n) is 6.53. The van der Waals surface area contributed by atoms with Crippen molar-refractivity contribution >= 4 is 15.7 Å². The van der Waals surface area contributed by atoms with Crippen molar-refractivity contribution in [3.63, 3.8) is 0 Å². The zero-order chi connectivity index (χ0) is 16.4. The van der Waals surface area contributed by atoms with Crippen LogP contribution in [0, 0.1) is 0 Å². The summed E-state index contributed by atoms with van der Waals surface area (Å²) in [6.07, 6.45) is 1.21. The fourth-order valence-corrected chi connectivity index (χ4v) is 4.27. The minimum Gasteiger partial charge on any atom is -0.341 e. The van der Waals surface area contributed by atoms with E-state index in [1.54, 1.807) is 18.7 Å². The lowest BCUT2D eigenvalue weighted by molar-refractivity contribution is -0.132. The Morgan fingerprint density at radius 3 is 2.45 bits per heavy atom. The average Bonchev–Trinajstić information content (AvgIpc) is 2.58. The molecule has 0 radical (unpaired) electrons. The van der Waals surface area contributed by atoms with Crippen molar-refractivity contribution in [2.45, 2.75) is 44.3 Å². The molecule has 1 aromatic rings. The van der Waals surface area contributed by atoms with Crippen LogP contribution in [0.25, 0.3) is 0 Å². The number of carbonyl (C=O) groups is 1. The Balaban J connectivity index is 2.19. The summed E-state index contributed by atoms with van der Waals surface area (Å²) in [6.45, 7) is 6.31. The predicted octanol–water partition coefficient (Wildman–Crippen LogP) is 2.61. The van der Waals surface area contributed by atoms with Crippen molar-refractivity contribution in [1.29, 1.82) is 0 Å². The number of hydrogen-bond donors (Lipinski definition) is 0. The molecule has 1 aliphatic rings. The van der Waals surface area contributed by atoms with E-state index in [2.05, 4.69) is 0 Å². The lowest BCUT2D eigenvalue weighted by atomic mass is 9.94. The van der Waals surface area contributed by atoms with E-state index in [-0.39, 0.29) is 17.6 Å². The van der Waals surface area contributed by atoms with E-state index in [9.17, 15) is 13.2 Å². The van der Waals surface area contributed by atoms with E-state index >= 15 is 0 Å². The number of sulfone groups is 1. The molecule has 1 saturated heterocycles. The zero-order valence-electron chi connectivity index (χ0n) is 13.6. The normalized spacial score (nSPS) is 21.9. The molecule has 0 unspecified atom stereocenters. The molecule has 2 rings (SSSR count). The Kier molecular flexibility index (Phi) is 4.95. The minimum atomic E-state index is -3.15. The standard InChI is InChI=1S/C17H25NO3S/c1-4-15(14-8-6-5-7-9-14)16(19)18-11-10-17(2,3)22(20,21)13-12-18/h5-9,15H,4,10-13H2,1-3H3/t15-/m0/s1. The van der Waals surface area contributed by atoms with Crippen molar-refractivity contribution in [3.8, 4) is 0 Å². The number of hydrogen-bond acceptors (Lipinski definition) is 3. The molecule has 0 spiro atoms. The van der Waals surface area contributed by atoms with Crippen LogP contribution in [0.4, 0.5) is 0 Å². The van der Waals surface area contributed by atoms with Gasteiger partial charge in [-0.15, -0.1) is 0 Å². The maximum Gasteiger partial charge on any atom is 0.230 e. The highest BCUT2D eigenvalue weighted by atomic mass is 32.2. The van der Waals surface area contributed by atoms with Gasteiger partial charge in [-0.1, -0.05) is 37.3 Å². The van der Waals surface area contributed by atoms with Gasteiger partial charge in [-0.25, -0.2) is 8.42 Å². The molecule has 0 N–H and O–H groups in total. The molecule has 1 aromatic carbocycles. The average molecular weight is 323 g/mol. The van der Waals surface area contributed by atoms with E-state index in [0.29, 0.717) is 19.5 Å². The summed E-state index contributed by atoms with van der Waals surface area (Å²) in [7, 11) is -3.15. The van der Waals surface area contributed by atoms with Crippen LogP contribution in [0.3, 0.4) is 0 Å². The van der Waals surface area contributed by atoms with Gasteiger partial charge >= 0.3 is 0 Å². The largest absolute Gasteiger partial charge is 0.341 e. The smallest absolute Gasteiger partial charge is 0.230 e. The SMILES string of the molecule is CC[C@H](C(=O)N1CCC(C)(C)S(=O)(=O)CC1)c1ccccc1. The number of rotatable bonds is 3. The first-order valence-electron chi connectivity index (χ1n) is 7.84. The van der Waals surface area contributed by atoms with Crippen LogP contribution in [-0.2, 0) is 14.6 Å². The molecule has 1 amide bonds. The van der Waals surface area contributed by atoms with Gasteiger partial charge in [-0.3, -0.25) is 4.79 Å². The van der Waals surface area contributed by atoms with Crippen molar-refractivity contribution < 1.29 is 13.2 Å². The summed E-state index contributed by atoms with van der Waals surface area (Å²) in [5.74, 6) is -0.0940. The first kappa shape index (κ1) is 17.0. The summed E-state index contributed by atoms with van der Waals surface area (Å²) in [5, 5.41) is 0. The third-order valence-electron chi connectivity index (χ3n) is 4.68.